The van der Waals surface area contributed by atoms with Crippen LogP contribution in [0.4, 0.5) is 0 Å². The molecule has 1 rings (SSSR count). The van der Waals surface area contributed by atoms with E-state index in [1.54, 1.807) is 0 Å². The van der Waals surface area contributed by atoms with Crippen LogP contribution in [0.5, 0.6) is 0 Å². The molecule has 0 unspecified atom stereocenters. The third-order valence-corrected chi connectivity index (χ3v) is 8.21. The Labute approximate surface area is 175 Å². The van der Waals surface area contributed by atoms with Gasteiger partial charge in [-0.25, -0.2) is 0 Å². The van der Waals surface area contributed by atoms with Crippen LogP contribution in [0.25, 0.3) is 0 Å². The van der Waals surface area contributed by atoms with E-state index in [0.717, 1.165) is 17.5 Å². The van der Waals surface area contributed by atoms with E-state index in [-0.39, 0.29) is 36.9 Å². The molecule has 0 heterocycles. The predicted octanol–water partition coefficient (Wildman–Crippen LogP) is 3.07. The first kappa shape index (κ1) is 25.4. The van der Waals surface area contributed by atoms with E-state index in [1.165, 1.54) is 11.1 Å². The molecule has 0 aromatic heterocycles. The number of carbonyl (C=O) groups is 1. The van der Waals surface area contributed by atoms with E-state index >= 15 is 0 Å². The van der Waals surface area contributed by atoms with Crippen molar-refractivity contribution in [2.75, 3.05) is 0 Å². The molecule has 0 saturated carbocycles. The second-order valence-corrected chi connectivity index (χ2v) is 14.4. The summed E-state index contributed by atoms with van der Waals surface area (Å²) in [5.74, 6) is 0.181. The molecule has 1 aromatic carbocycles. The first-order chi connectivity index (χ1) is 11.4. The molecule has 4 heteroatoms. The van der Waals surface area contributed by atoms with Crippen molar-refractivity contribution in [2.24, 2.45) is 0 Å². The van der Waals surface area contributed by atoms with Crippen LogP contribution in [0.15, 0.2) is 12.1 Å². The number of nitrogens with zero attached hydrogens (tertiary/aromatic N) is 1. The minimum atomic E-state index is -1.42. The van der Waals surface area contributed by atoms with Crippen LogP contribution in [0.2, 0.25) is 19.6 Å². The zero-order valence-electron chi connectivity index (χ0n) is 19.0. The molecule has 0 aliphatic carbocycles. The molecular weight excluding hydrogens is 329 g/mol. The Morgan fingerprint density at radius 2 is 1.58 bits per heavy atom. The van der Waals surface area contributed by atoms with Crippen LogP contribution in [-0.2, 0) is 6.42 Å². The van der Waals surface area contributed by atoms with Gasteiger partial charge in [0.05, 0.1) is 8.07 Å². The number of aryl methyl sites for hydroxylation is 1. The maximum Gasteiger partial charge on any atom is 1.00 e. The van der Waals surface area contributed by atoms with Crippen molar-refractivity contribution >= 4 is 14.0 Å². The maximum atomic E-state index is 13.6. The molecule has 0 fully saturated rings. The molecular formula is C22H38LiNOSi. The minimum Gasteiger partial charge on any atom is -0.344 e. The Hall–Kier alpha value is -0.626. The van der Waals surface area contributed by atoms with Gasteiger partial charge in [0.2, 0.25) is 0 Å². The molecule has 0 radical (unpaired) electrons. The van der Waals surface area contributed by atoms with Crippen molar-refractivity contribution in [1.82, 2.24) is 4.90 Å². The molecule has 1 atom stereocenters. The molecule has 0 aliphatic rings. The Morgan fingerprint density at radius 1 is 1.08 bits per heavy atom. The molecule has 0 bridgehead atoms. The summed E-state index contributed by atoms with van der Waals surface area (Å²) in [5.41, 5.74) is 5.04. The van der Waals surface area contributed by atoms with E-state index in [1.807, 2.05) is 11.8 Å². The van der Waals surface area contributed by atoms with Gasteiger partial charge in [-0.1, -0.05) is 57.6 Å². The van der Waals surface area contributed by atoms with Crippen LogP contribution >= 0.6 is 0 Å². The van der Waals surface area contributed by atoms with Crippen LogP contribution in [-0.4, -0.2) is 31.0 Å². The average Bonchev–Trinajstić information content (AvgIpc) is 2.50. The third kappa shape index (κ3) is 5.68. The second kappa shape index (κ2) is 10.1. The molecule has 1 amide bonds. The molecule has 0 spiro atoms. The molecule has 0 aliphatic heterocycles. The zero-order chi connectivity index (χ0) is 19.5. The van der Waals surface area contributed by atoms with Crippen molar-refractivity contribution in [3.05, 3.63) is 40.8 Å². The average molecular weight is 368 g/mol. The molecule has 0 saturated heterocycles. The smallest absolute Gasteiger partial charge is 0.344 e. The molecule has 1 aromatic rings. The Morgan fingerprint density at radius 3 is 1.92 bits per heavy atom. The standard InChI is InChI=1S/C22H38NOSi.Li/c1-11-18-13-19(12-2)21(20(14-18)17(7)25(8,9)10)22(24)23(15(3)4)16(5)6;/h12-17H,11H2,1-10H3;/q-1;+1/t17-;/m1./s1. The summed E-state index contributed by atoms with van der Waals surface area (Å²) in [6.07, 6.45) is 3.10. The third-order valence-electron chi connectivity index (χ3n) is 5.30. The van der Waals surface area contributed by atoms with Gasteiger partial charge < -0.3 is 4.90 Å². The van der Waals surface area contributed by atoms with Gasteiger partial charge in [0.15, 0.2) is 5.91 Å². The zero-order valence-corrected chi connectivity index (χ0v) is 20.0. The van der Waals surface area contributed by atoms with E-state index in [4.69, 9.17) is 0 Å². The SMILES string of the molecule is C[CH-]c1cc(CC)cc([C@@H](C)[Si](C)(C)C)c1C(=O)N(C(C)C)C(C)C.[Li+]. The van der Waals surface area contributed by atoms with Crippen molar-refractivity contribution in [3.63, 3.8) is 0 Å². The quantitative estimate of drug-likeness (QED) is 0.536. The summed E-state index contributed by atoms with van der Waals surface area (Å²) in [7, 11) is -1.42. The van der Waals surface area contributed by atoms with Crippen molar-refractivity contribution < 1.29 is 23.7 Å². The van der Waals surface area contributed by atoms with Crippen LogP contribution in [0.3, 0.4) is 0 Å². The van der Waals surface area contributed by atoms with Gasteiger partial charge in [0.25, 0.3) is 0 Å². The largest absolute Gasteiger partial charge is 1.00 e. The number of benzene rings is 1. The fourth-order valence-electron chi connectivity index (χ4n) is 3.43. The Bertz CT molecular complexity index is 597. The second-order valence-electron chi connectivity index (χ2n) is 8.78. The normalized spacial score (nSPS) is 12.8. The molecule has 2 nitrogen and oxygen atoms in total. The van der Waals surface area contributed by atoms with Crippen LogP contribution in [0.1, 0.15) is 81.1 Å². The number of amides is 1. The number of hydrogen-bond acceptors (Lipinski definition) is 1. The minimum absolute atomic E-state index is 0. The monoisotopic (exact) mass is 367 g/mol. The first-order valence-corrected chi connectivity index (χ1v) is 13.3. The number of hydrogen-bond donors (Lipinski definition) is 0. The summed E-state index contributed by atoms with van der Waals surface area (Å²) < 4.78 is 0. The van der Waals surface area contributed by atoms with E-state index in [0.29, 0.717) is 5.54 Å². The summed E-state index contributed by atoms with van der Waals surface area (Å²) in [6, 6.07) is 4.88. The first-order valence-electron chi connectivity index (χ1n) is 9.74. The predicted molar refractivity (Wildman–Crippen MR) is 113 cm³/mol. The fraction of sp³-hybridized carbons (Fsp3) is 0.636. The number of rotatable bonds is 7. The number of carbonyl (C=O) groups excluding carboxylic acids is 1. The summed E-state index contributed by atoms with van der Waals surface area (Å²) in [6.45, 7) is 22.1. The van der Waals surface area contributed by atoms with Gasteiger partial charge >= 0.3 is 18.9 Å². The van der Waals surface area contributed by atoms with Crippen LogP contribution in [0, 0.1) is 6.42 Å². The van der Waals surface area contributed by atoms with Gasteiger partial charge in [-0.2, -0.15) is 18.1 Å². The van der Waals surface area contributed by atoms with Crippen molar-refractivity contribution in [2.45, 2.75) is 92.2 Å². The fourth-order valence-corrected chi connectivity index (χ4v) is 4.59. The summed E-state index contributed by atoms with van der Waals surface area (Å²) in [4.78, 5) is 15.6. The Kier molecular flexibility index (Phi) is 9.82. The van der Waals surface area contributed by atoms with Gasteiger partial charge in [-0.3, -0.25) is 4.79 Å². The Balaban J connectivity index is 0.00000625. The van der Waals surface area contributed by atoms with Gasteiger partial charge in [0, 0.05) is 12.1 Å². The van der Waals surface area contributed by atoms with Gasteiger partial charge in [-0.05, 0) is 39.7 Å². The topological polar surface area (TPSA) is 20.3 Å². The van der Waals surface area contributed by atoms with E-state index in [9.17, 15) is 4.79 Å². The van der Waals surface area contributed by atoms with Gasteiger partial charge in [0.1, 0.15) is 0 Å². The van der Waals surface area contributed by atoms with Crippen molar-refractivity contribution in [1.29, 1.82) is 0 Å². The molecule has 26 heavy (non-hydrogen) atoms. The molecule has 0 N–H and O–H groups in total. The summed E-state index contributed by atoms with van der Waals surface area (Å²) >= 11 is 0. The van der Waals surface area contributed by atoms with E-state index < -0.39 is 8.07 Å². The molecule has 142 valence electrons. The van der Waals surface area contributed by atoms with Crippen LogP contribution < -0.4 is 18.9 Å². The maximum absolute atomic E-state index is 13.6. The van der Waals surface area contributed by atoms with E-state index in [2.05, 4.69) is 79.7 Å². The van der Waals surface area contributed by atoms with Crippen molar-refractivity contribution in [3.8, 4) is 0 Å². The van der Waals surface area contributed by atoms with Gasteiger partial charge in [-0.15, -0.1) is 5.56 Å². The summed E-state index contributed by atoms with van der Waals surface area (Å²) in [5, 5.41) is 0.